The highest BCUT2D eigenvalue weighted by molar-refractivity contribution is 6.10. The van der Waals surface area contributed by atoms with Crippen LogP contribution in [0.5, 0.6) is 0 Å². The van der Waals surface area contributed by atoms with E-state index in [0.29, 0.717) is 0 Å². The Morgan fingerprint density at radius 2 is 1.36 bits per heavy atom. The average Bonchev–Trinajstić information content (AvgIpc) is 3.35. The zero-order chi connectivity index (χ0) is 25.8. The first-order valence-electron chi connectivity index (χ1n) is 13.5. The van der Waals surface area contributed by atoms with E-state index in [1.807, 2.05) is 24.5 Å². The molecule has 0 radical (unpaired) electrons. The second-order valence-corrected chi connectivity index (χ2v) is 10.2. The van der Waals surface area contributed by atoms with Crippen molar-refractivity contribution in [2.45, 2.75) is 12.8 Å². The fourth-order valence-electron chi connectivity index (χ4n) is 6.07. The molecule has 39 heavy (non-hydrogen) atoms. The first-order valence-corrected chi connectivity index (χ1v) is 13.5. The third-order valence-electron chi connectivity index (χ3n) is 8.00. The molecule has 4 aromatic carbocycles. The van der Waals surface area contributed by atoms with Gasteiger partial charge in [0.25, 0.3) is 0 Å². The van der Waals surface area contributed by atoms with Crippen molar-refractivity contribution in [3.63, 3.8) is 0 Å². The van der Waals surface area contributed by atoms with Crippen LogP contribution in [0.1, 0.15) is 11.1 Å². The molecule has 0 N–H and O–H groups in total. The minimum Gasteiger partial charge on any atom is -0.309 e. The average molecular weight is 500 g/mol. The van der Waals surface area contributed by atoms with Gasteiger partial charge in [-0.25, -0.2) is 0 Å². The number of rotatable bonds is 3. The molecular formula is C36H25N3. The van der Waals surface area contributed by atoms with E-state index >= 15 is 0 Å². The molecule has 0 amide bonds. The van der Waals surface area contributed by atoms with Crippen LogP contribution >= 0.6 is 0 Å². The molecule has 0 spiro atoms. The molecule has 0 bridgehead atoms. The fraction of sp³-hybridized carbons (Fsp3) is 0.0556. The lowest BCUT2D eigenvalue weighted by molar-refractivity contribution is 0.925. The summed E-state index contributed by atoms with van der Waals surface area (Å²) in [7, 11) is 0. The lowest BCUT2D eigenvalue weighted by Crippen LogP contribution is -2.06. The zero-order valence-corrected chi connectivity index (χ0v) is 21.4. The molecule has 0 atom stereocenters. The van der Waals surface area contributed by atoms with Gasteiger partial charge in [0.15, 0.2) is 0 Å². The highest BCUT2D eigenvalue weighted by Crippen LogP contribution is 2.38. The summed E-state index contributed by atoms with van der Waals surface area (Å²) in [6, 6.07) is 41.2. The molecule has 3 heterocycles. The molecule has 0 saturated carbocycles. The number of fused-ring (bicyclic) bond motifs is 6. The Morgan fingerprint density at radius 3 is 2.26 bits per heavy atom. The Hall–Kier alpha value is -5.02. The lowest BCUT2D eigenvalue weighted by Gasteiger charge is -2.20. The summed E-state index contributed by atoms with van der Waals surface area (Å²) >= 11 is 0. The second kappa shape index (κ2) is 8.78. The van der Waals surface area contributed by atoms with Gasteiger partial charge in [0.2, 0.25) is 0 Å². The molecule has 7 aromatic rings. The molecule has 184 valence electrons. The van der Waals surface area contributed by atoms with Crippen LogP contribution in [0.25, 0.3) is 61.1 Å². The Morgan fingerprint density at radius 1 is 0.538 bits per heavy atom. The van der Waals surface area contributed by atoms with Crippen molar-refractivity contribution in [1.82, 2.24) is 14.5 Å². The van der Waals surface area contributed by atoms with Crippen LogP contribution in [0, 0.1) is 0 Å². The SMILES string of the molecule is c1ccc(-c2ccc(-c3ccc4c5ccccc5n(-c5ccc6c(c5)-c5ncccc5CC6)c4c3)nc2)cc1. The minimum atomic E-state index is 0.969. The van der Waals surface area contributed by atoms with Crippen molar-refractivity contribution in [1.29, 1.82) is 0 Å². The van der Waals surface area contributed by atoms with Crippen LogP contribution in [0.4, 0.5) is 0 Å². The van der Waals surface area contributed by atoms with Crippen LogP contribution in [0.15, 0.2) is 128 Å². The van der Waals surface area contributed by atoms with Gasteiger partial charge in [-0.1, -0.05) is 78.9 Å². The van der Waals surface area contributed by atoms with Gasteiger partial charge in [0, 0.05) is 45.5 Å². The number of hydrogen-bond donors (Lipinski definition) is 0. The second-order valence-electron chi connectivity index (χ2n) is 10.2. The van der Waals surface area contributed by atoms with Crippen molar-refractivity contribution in [2.24, 2.45) is 0 Å². The van der Waals surface area contributed by atoms with Crippen molar-refractivity contribution in [3.05, 3.63) is 139 Å². The van der Waals surface area contributed by atoms with Crippen molar-refractivity contribution in [3.8, 4) is 39.3 Å². The minimum absolute atomic E-state index is 0.969. The molecule has 0 saturated heterocycles. The predicted octanol–water partition coefficient (Wildman–Crippen LogP) is 8.67. The smallest absolute Gasteiger partial charge is 0.0737 e. The van der Waals surface area contributed by atoms with E-state index in [2.05, 4.69) is 108 Å². The number of hydrogen-bond acceptors (Lipinski definition) is 2. The Labute approximate surface area is 227 Å². The third-order valence-corrected chi connectivity index (χ3v) is 8.00. The standard InChI is InChI=1S/C36H25N3/c1-2-7-24(8-3-1)28-16-19-33(38-23-28)27-15-18-31-30-10-4-5-11-34(30)39(35(31)21-27)29-17-14-25-12-13-26-9-6-20-37-36(26)32(25)22-29/h1-11,14-23H,12-13H2. The first kappa shape index (κ1) is 22.0. The van der Waals surface area contributed by atoms with E-state index in [4.69, 9.17) is 9.97 Å². The zero-order valence-electron chi connectivity index (χ0n) is 21.4. The number of para-hydroxylation sites is 1. The largest absolute Gasteiger partial charge is 0.309 e. The molecular weight excluding hydrogens is 474 g/mol. The highest BCUT2D eigenvalue weighted by Gasteiger charge is 2.19. The fourth-order valence-corrected chi connectivity index (χ4v) is 6.07. The summed E-state index contributed by atoms with van der Waals surface area (Å²) in [5.41, 5.74) is 13.0. The summed E-state index contributed by atoms with van der Waals surface area (Å²) in [6.45, 7) is 0. The number of pyridine rings is 2. The van der Waals surface area contributed by atoms with Crippen molar-refractivity contribution >= 4 is 21.8 Å². The monoisotopic (exact) mass is 499 g/mol. The topological polar surface area (TPSA) is 30.7 Å². The lowest BCUT2D eigenvalue weighted by atomic mass is 9.89. The van der Waals surface area contributed by atoms with Gasteiger partial charge in [-0.2, -0.15) is 0 Å². The van der Waals surface area contributed by atoms with E-state index < -0.39 is 0 Å². The van der Waals surface area contributed by atoms with E-state index in [9.17, 15) is 0 Å². The van der Waals surface area contributed by atoms with Crippen molar-refractivity contribution < 1.29 is 0 Å². The van der Waals surface area contributed by atoms with Crippen LogP contribution in [-0.2, 0) is 12.8 Å². The summed E-state index contributed by atoms with van der Waals surface area (Å²) < 4.78 is 2.39. The molecule has 1 aliphatic carbocycles. The molecule has 3 heteroatoms. The van der Waals surface area contributed by atoms with Gasteiger partial charge in [-0.05, 0) is 65.9 Å². The summed E-state index contributed by atoms with van der Waals surface area (Å²) in [5, 5.41) is 2.49. The van der Waals surface area contributed by atoms with Gasteiger partial charge >= 0.3 is 0 Å². The van der Waals surface area contributed by atoms with E-state index in [1.165, 1.54) is 44.1 Å². The summed E-state index contributed by atoms with van der Waals surface area (Å²) in [4.78, 5) is 9.63. The number of aromatic nitrogens is 3. The van der Waals surface area contributed by atoms with Crippen LogP contribution in [0.2, 0.25) is 0 Å². The molecule has 1 aliphatic rings. The maximum atomic E-state index is 4.85. The molecule has 3 aromatic heterocycles. The van der Waals surface area contributed by atoms with Gasteiger partial charge in [-0.3, -0.25) is 9.97 Å². The Balaban J connectivity index is 1.30. The Kier molecular flexibility index (Phi) is 4.95. The normalized spacial score (nSPS) is 12.4. The third kappa shape index (κ3) is 3.58. The molecule has 0 aliphatic heterocycles. The maximum absolute atomic E-state index is 4.85. The molecule has 3 nitrogen and oxygen atoms in total. The summed E-state index contributed by atoms with van der Waals surface area (Å²) in [5.74, 6) is 0. The number of benzene rings is 4. The molecule has 0 unspecified atom stereocenters. The molecule has 0 fully saturated rings. The van der Waals surface area contributed by atoms with Crippen molar-refractivity contribution in [2.75, 3.05) is 0 Å². The summed E-state index contributed by atoms with van der Waals surface area (Å²) in [6.07, 6.45) is 5.97. The van der Waals surface area contributed by atoms with Gasteiger partial charge in [-0.15, -0.1) is 0 Å². The van der Waals surface area contributed by atoms with E-state index in [-0.39, 0.29) is 0 Å². The maximum Gasteiger partial charge on any atom is 0.0737 e. The van der Waals surface area contributed by atoms with E-state index in [0.717, 1.165) is 41.0 Å². The van der Waals surface area contributed by atoms with Crippen LogP contribution in [0.3, 0.4) is 0 Å². The van der Waals surface area contributed by atoms with Crippen LogP contribution < -0.4 is 0 Å². The van der Waals surface area contributed by atoms with Gasteiger partial charge in [0.05, 0.1) is 22.4 Å². The highest BCUT2D eigenvalue weighted by atomic mass is 15.0. The van der Waals surface area contributed by atoms with Gasteiger partial charge < -0.3 is 4.57 Å². The number of nitrogens with zero attached hydrogens (tertiary/aromatic N) is 3. The van der Waals surface area contributed by atoms with E-state index in [1.54, 1.807) is 0 Å². The molecule has 8 rings (SSSR count). The quantitative estimate of drug-likeness (QED) is 0.243. The first-order chi connectivity index (χ1) is 19.3. The number of aryl methyl sites for hydroxylation is 2. The Bertz CT molecular complexity index is 2000. The van der Waals surface area contributed by atoms with Gasteiger partial charge in [0.1, 0.15) is 0 Å². The predicted molar refractivity (Wildman–Crippen MR) is 160 cm³/mol. The van der Waals surface area contributed by atoms with Crippen LogP contribution in [-0.4, -0.2) is 14.5 Å².